The van der Waals surface area contributed by atoms with Crippen LogP contribution in [0.3, 0.4) is 0 Å². The zero-order valence-electron chi connectivity index (χ0n) is 15.5. The molecule has 4 rings (SSSR count). The fourth-order valence-electron chi connectivity index (χ4n) is 3.96. The third-order valence-corrected chi connectivity index (χ3v) is 5.53. The zero-order chi connectivity index (χ0) is 18.5. The van der Waals surface area contributed by atoms with E-state index in [1.165, 1.54) is 16.7 Å². The number of nitrogens with zero attached hydrogens (tertiary/aromatic N) is 2. The standard InChI is InChI=1S/C24H25ClN2/c25-23-13-7-8-20(18-23)19-26-14-16-27(17-15-26)24(21-9-3-1-4-10-21)22-11-5-2-6-12-22/h1-13,18,24H,14-17,19H2. The SMILES string of the molecule is Clc1cccc(CN2CCN(C(c3ccccc3)c3ccccc3)CC2)c1. The molecule has 0 radical (unpaired) electrons. The second-order valence-electron chi connectivity index (χ2n) is 7.17. The lowest BCUT2D eigenvalue weighted by Crippen LogP contribution is -2.47. The van der Waals surface area contributed by atoms with Crippen LogP contribution in [-0.2, 0) is 6.54 Å². The minimum Gasteiger partial charge on any atom is -0.297 e. The molecule has 1 heterocycles. The molecule has 27 heavy (non-hydrogen) atoms. The average Bonchev–Trinajstić information content (AvgIpc) is 2.71. The predicted octanol–water partition coefficient (Wildman–Crippen LogP) is 5.25. The summed E-state index contributed by atoms with van der Waals surface area (Å²) in [7, 11) is 0. The minimum atomic E-state index is 0.320. The molecule has 1 aliphatic heterocycles. The van der Waals surface area contributed by atoms with E-state index in [1.54, 1.807) is 0 Å². The van der Waals surface area contributed by atoms with Gasteiger partial charge in [0.2, 0.25) is 0 Å². The second kappa shape index (κ2) is 8.71. The summed E-state index contributed by atoms with van der Waals surface area (Å²) in [6.45, 7) is 5.24. The Morgan fingerprint density at radius 1 is 0.704 bits per heavy atom. The van der Waals surface area contributed by atoms with Gasteiger partial charge in [0.25, 0.3) is 0 Å². The van der Waals surface area contributed by atoms with Crippen molar-refractivity contribution < 1.29 is 0 Å². The van der Waals surface area contributed by atoms with Gasteiger partial charge < -0.3 is 0 Å². The van der Waals surface area contributed by atoms with E-state index in [4.69, 9.17) is 11.6 Å². The molecular weight excluding hydrogens is 352 g/mol. The number of hydrogen-bond donors (Lipinski definition) is 0. The van der Waals surface area contributed by atoms with E-state index in [1.807, 2.05) is 12.1 Å². The number of halogens is 1. The van der Waals surface area contributed by atoms with E-state index < -0.39 is 0 Å². The van der Waals surface area contributed by atoms with Crippen LogP contribution in [0.4, 0.5) is 0 Å². The van der Waals surface area contributed by atoms with E-state index in [9.17, 15) is 0 Å². The van der Waals surface area contributed by atoms with Crippen molar-refractivity contribution in [3.63, 3.8) is 0 Å². The van der Waals surface area contributed by atoms with Gasteiger partial charge >= 0.3 is 0 Å². The van der Waals surface area contributed by atoms with Crippen molar-refractivity contribution in [1.29, 1.82) is 0 Å². The van der Waals surface area contributed by atoms with Crippen LogP contribution >= 0.6 is 11.6 Å². The first kappa shape index (κ1) is 18.2. The highest BCUT2D eigenvalue weighted by molar-refractivity contribution is 6.30. The molecule has 0 amide bonds. The van der Waals surface area contributed by atoms with Crippen LogP contribution in [-0.4, -0.2) is 36.0 Å². The fraction of sp³-hybridized carbons (Fsp3) is 0.250. The van der Waals surface area contributed by atoms with Crippen molar-refractivity contribution in [2.24, 2.45) is 0 Å². The van der Waals surface area contributed by atoms with Gasteiger partial charge in [-0.15, -0.1) is 0 Å². The monoisotopic (exact) mass is 376 g/mol. The molecule has 0 unspecified atom stereocenters. The summed E-state index contributed by atoms with van der Waals surface area (Å²) in [5.41, 5.74) is 4.03. The maximum absolute atomic E-state index is 6.14. The van der Waals surface area contributed by atoms with Crippen molar-refractivity contribution in [3.8, 4) is 0 Å². The smallest absolute Gasteiger partial charge is 0.0602 e. The molecule has 0 atom stereocenters. The van der Waals surface area contributed by atoms with Crippen LogP contribution in [0, 0.1) is 0 Å². The zero-order valence-corrected chi connectivity index (χ0v) is 16.2. The molecule has 0 N–H and O–H groups in total. The van der Waals surface area contributed by atoms with Gasteiger partial charge in [-0.2, -0.15) is 0 Å². The fourth-order valence-corrected chi connectivity index (χ4v) is 4.17. The first-order valence-corrected chi connectivity index (χ1v) is 9.98. The number of hydrogen-bond acceptors (Lipinski definition) is 2. The first-order chi connectivity index (χ1) is 13.3. The summed E-state index contributed by atoms with van der Waals surface area (Å²) in [6.07, 6.45) is 0. The highest BCUT2D eigenvalue weighted by Gasteiger charge is 2.26. The Labute approximate surface area is 167 Å². The summed E-state index contributed by atoms with van der Waals surface area (Å²) in [5, 5.41) is 0.819. The molecule has 3 aromatic carbocycles. The van der Waals surface area contributed by atoms with Gasteiger partial charge in [-0.05, 0) is 28.8 Å². The van der Waals surface area contributed by atoms with Crippen LogP contribution in [0.1, 0.15) is 22.7 Å². The van der Waals surface area contributed by atoms with Crippen LogP contribution in [0.15, 0.2) is 84.9 Å². The van der Waals surface area contributed by atoms with E-state index in [2.05, 4.69) is 82.6 Å². The second-order valence-corrected chi connectivity index (χ2v) is 7.60. The van der Waals surface area contributed by atoms with Gasteiger partial charge in [-0.1, -0.05) is 84.4 Å². The Bertz CT molecular complexity index is 803. The Balaban J connectivity index is 1.47. The molecule has 0 aromatic heterocycles. The quantitative estimate of drug-likeness (QED) is 0.600. The van der Waals surface area contributed by atoms with Gasteiger partial charge in [0.05, 0.1) is 6.04 Å². The lowest BCUT2D eigenvalue weighted by molar-refractivity contribution is 0.105. The van der Waals surface area contributed by atoms with Crippen molar-refractivity contribution >= 4 is 11.6 Å². The van der Waals surface area contributed by atoms with E-state index >= 15 is 0 Å². The van der Waals surface area contributed by atoms with Crippen LogP contribution in [0.25, 0.3) is 0 Å². The maximum Gasteiger partial charge on any atom is 0.0602 e. The highest BCUT2D eigenvalue weighted by Crippen LogP contribution is 2.29. The number of benzene rings is 3. The molecule has 3 heteroatoms. The average molecular weight is 377 g/mol. The Kier molecular flexibility index (Phi) is 5.88. The molecule has 0 saturated carbocycles. The Morgan fingerprint density at radius 2 is 1.30 bits per heavy atom. The molecule has 1 saturated heterocycles. The van der Waals surface area contributed by atoms with E-state index in [-0.39, 0.29) is 0 Å². The predicted molar refractivity (Wildman–Crippen MR) is 113 cm³/mol. The van der Waals surface area contributed by atoms with E-state index in [0.29, 0.717) is 6.04 Å². The largest absolute Gasteiger partial charge is 0.297 e. The molecule has 1 aliphatic rings. The van der Waals surface area contributed by atoms with Crippen LogP contribution in [0.2, 0.25) is 5.02 Å². The van der Waals surface area contributed by atoms with Crippen molar-refractivity contribution in [3.05, 3.63) is 107 Å². The summed E-state index contributed by atoms with van der Waals surface area (Å²) < 4.78 is 0. The van der Waals surface area contributed by atoms with Gasteiger partial charge in [-0.25, -0.2) is 0 Å². The van der Waals surface area contributed by atoms with Gasteiger partial charge in [0.15, 0.2) is 0 Å². The first-order valence-electron chi connectivity index (χ1n) is 9.60. The van der Waals surface area contributed by atoms with Crippen molar-refractivity contribution in [2.75, 3.05) is 26.2 Å². The van der Waals surface area contributed by atoms with Crippen molar-refractivity contribution in [2.45, 2.75) is 12.6 Å². The topological polar surface area (TPSA) is 6.48 Å². The van der Waals surface area contributed by atoms with Gasteiger partial charge in [-0.3, -0.25) is 9.80 Å². The molecule has 138 valence electrons. The minimum absolute atomic E-state index is 0.320. The van der Waals surface area contributed by atoms with Crippen molar-refractivity contribution in [1.82, 2.24) is 9.80 Å². The summed E-state index contributed by atoms with van der Waals surface area (Å²) >= 11 is 6.14. The van der Waals surface area contributed by atoms with Crippen LogP contribution < -0.4 is 0 Å². The molecule has 0 spiro atoms. The molecule has 3 aromatic rings. The number of piperazine rings is 1. The van der Waals surface area contributed by atoms with E-state index in [0.717, 1.165) is 37.7 Å². The van der Waals surface area contributed by atoms with Crippen LogP contribution in [0.5, 0.6) is 0 Å². The molecule has 0 aliphatic carbocycles. The van der Waals surface area contributed by atoms with Gasteiger partial charge in [0.1, 0.15) is 0 Å². The lowest BCUT2D eigenvalue weighted by atomic mass is 9.96. The lowest BCUT2D eigenvalue weighted by Gasteiger charge is -2.39. The molecule has 1 fully saturated rings. The third kappa shape index (κ3) is 4.59. The maximum atomic E-state index is 6.14. The summed E-state index contributed by atoms with van der Waals surface area (Å²) in [5.74, 6) is 0. The summed E-state index contributed by atoms with van der Waals surface area (Å²) in [4.78, 5) is 5.13. The summed E-state index contributed by atoms with van der Waals surface area (Å²) in [6, 6.07) is 30.3. The van der Waals surface area contributed by atoms with Gasteiger partial charge in [0, 0.05) is 37.7 Å². The Morgan fingerprint density at radius 3 is 1.85 bits per heavy atom. The molecular formula is C24H25ClN2. The molecule has 0 bridgehead atoms. The normalized spacial score (nSPS) is 15.9. The number of rotatable bonds is 5. The Hall–Kier alpha value is -2.13. The molecule has 2 nitrogen and oxygen atoms in total. The third-order valence-electron chi connectivity index (χ3n) is 5.30. The highest BCUT2D eigenvalue weighted by atomic mass is 35.5.